The molecule has 2 heterocycles. The van der Waals surface area contributed by atoms with Crippen LogP contribution in [0.5, 0.6) is 0 Å². The molecule has 1 N–H and O–H groups in total. The smallest absolute Gasteiger partial charge is 0.350 e. The molecule has 5 nitrogen and oxygen atoms in total. The van der Waals surface area contributed by atoms with Gasteiger partial charge in [-0.2, -0.15) is 5.11 Å². The van der Waals surface area contributed by atoms with Crippen LogP contribution in [0.4, 0.5) is 0 Å². The molecule has 0 saturated heterocycles. The molecule has 5 heteroatoms. The second kappa shape index (κ2) is 2.37. The standard InChI is InChI=1S/C7H5N3O2/c11-7(12)5-1-4-2-9-10-6(4)3-8-5/h2-3H,1H2,(H,11,12). The van der Waals surface area contributed by atoms with Crippen LogP contribution >= 0.6 is 0 Å². The number of carboxylic acids is 1. The second-order valence-corrected chi connectivity index (χ2v) is 2.44. The average Bonchev–Trinajstić information content (AvgIpc) is 2.49. The van der Waals surface area contributed by atoms with Gasteiger partial charge in [0.2, 0.25) is 0 Å². The number of rotatable bonds is 1. The Morgan fingerprint density at radius 3 is 3.08 bits per heavy atom. The summed E-state index contributed by atoms with van der Waals surface area (Å²) < 4.78 is 0. The van der Waals surface area contributed by atoms with Crippen molar-refractivity contribution in [3.8, 4) is 0 Å². The van der Waals surface area contributed by atoms with Crippen LogP contribution in [0.15, 0.2) is 38.9 Å². The molecule has 2 aliphatic rings. The zero-order valence-corrected chi connectivity index (χ0v) is 6.06. The summed E-state index contributed by atoms with van der Waals surface area (Å²) in [6, 6.07) is 0. The number of nitrogens with zero attached hydrogens (tertiary/aromatic N) is 3. The largest absolute Gasteiger partial charge is 0.477 e. The lowest BCUT2D eigenvalue weighted by Gasteiger charge is -2.06. The number of fused-ring (bicyclic) bond motifs is 1. The number of carbonyl (C=O) groups is 1. The van der Waals surface area contributed by atoms with Crippen LogP contribution in [0.1, 0.15) is 6.42 Å². The van der Waals surface area contributed by atoms with Crippen molar-refractivity contribution in [1.29, 1.82) is 0 Å². The first-order valence-electron chi connectivity index (χ1n) is 3.38. The molecule has 0 bridgehead atoms. The highest BCUT2D eigenvalue weighted by molar-refractivity contribution is 6.36. The molecule has 0 aliphatic carbocycles. The van der Waals surface area contributed by atoms with Gasteiger partial charge in [0.1, 0.15) is 11.4 Å². The van der Waals surface area contributed by atoms with Crippen LogP contribution < -0.4 is 0 Å². The summed E-state index contributed by atoms with van der Waals surface area (Å²) >= 11 is 0. The minimum atomic E-state index is -0.988. The topological polar surface area (TPSA) is 74.4 Å². The second-order valence-electron chi connectivity index (χ2n) is 2.44. The van der Waals surface area contributed by atoms with Gasteiger partial charge in [-0.1, -0.05) is 0 Å². The van der Waals surface area contributed by atoms with E-state index in [-0.39, 0.29) is 5.71 Å². The van der Waals surface area contributed by atoms with Crippen molar-refractivity contribution in [3.63, 3.8) is 0 Å². The molecule has 0 atom stereocenters. The van der Waals surface area contributed by atoms with Gasteiger partial charge >= 0.3 is 5.97 Å². The number of aliphatic carboxylic acids is 1. The Kier molecular flexibility index (Phi) is 1.36. The maximum atomic E-state index is 10.5. The van der Waals surface area contributed by atoms with Crippen molar-refractivity contribution in [2.24, 2.45) is 15.2 Å². The maximum Gasteiger partial charge on any atom is 0.350 e. The van der Waals surface area contributed by atoms with Gasteiger partial charge in [0.15, 0.2) is 0 Å². The highest BCUT2D eigenvalue weighted by atomic mass is 16.4. The third-order valence-electron chi connectivity index (χ3n) is 1.66. The van der Waals surface area contributed by atoms with Crippen molar-refractivity contribution in [3.05, 3.63) is 23.7 Å². The molecule has 12 heavy (non-hydrogen) atoms. The first-order chi connectivity index (χ1) is 5.77. The van der Waals surface area contributed by atoms with E-state index in [1.54, 1.807) is 6.20 Å². The third-order valence-corrected chi connectivity index (χ3v) is 1.66. The van der Waals surface area contributed by atoms with E-state index in [1.165, 1.54) is 6.20 Å². The van der Waals surface area contributed by atoms with E-state index in [0.717, 1.165) is 5.57 Å². The molecule has 0 unspecified atom stereocenters. The predicted molar refractivity (Wildman–Crippen MR) is 40.7 cm³/mol. The average molecular weight is 163 g/mol. The number of hydrogen-bond donors (Lipinski definition) is 1. The van der Waals surface area contributed by atoms with Crippen LogP contribution in [-0.2, 0) is 4.79 Å². The summed E-state index contributed by atoms with van der Waals surface area (Å²) in [5.74, 6) is -0.988. The molecule has 0 radical (unpaired) electrons. The third kappa shape index (κ3) is 0.952. The fourth-order valence-electron chi connectivity index (χ4n) is 1.03. The molecule has 60 valence electrons. The van der Waals surface area contributed by atoms with E-state index in [1.807, 2.05) is 0 Å². The van der Waals surface area contributed by atoms with Crippen LogP contribution in [0.2, 0.25) is 0 Å². The molecule has 0 amide bonds. The predicted octanol–water partition coefficient (Wildman–Crippen LogP) is 1.11. The van der Waals surface area contributed by atoms with Gasteiger partial charge in [-0.05, 0) is 0 Å². The molecule has 0 fully saturated rings. The quantitative estimate of drug-likeness (QED) is 0.628. The Morgan fingerprint density at radius 2 is 2.33 bits per heavy atom. The minimum absolute atomic E-state index is 0.136. The van der Waals surface area contributed by atoms with Crippen LogP contribution in [0.3, 0.4) is 0 Å². The van der Waals surface area contributed by atoms with Gasteiger partial charge in [0, 0.05) is 12.0 Å². The molecule has 0 aromatic rings. The molecule has 0 spiro atoms. The van der Waals surface area contributed by atoms with Gasteiger partial charge in [-0.25, -0.2) is 4.79 Å². The van der Waals surface area contributed by atoms with E-state index in [9.17, 15) is 4.79 Å². The molecular formula is C7H5N3O2. The molecule has 0 aromatic heterocycles. The number of carboxylic acid groups (broad SMARTS) is 1. The Morgan fingerprint density at radius 1 is 1.50 bits per heavy atom. The van der Waals surface area contributed by atoms with E-state index in [4.69, 9.17) is 5.11 Å². The van der Waals surface area contributed by atoms with Gasteiger partial charge < -0.3 is 5.11 Å². The first-order valence-corrected chi connectivity index (χ1v) is 3.38. The summed E-state index contributed by atoms with van der Waals surface area (Å²) in [7, 11) is 0. The van der Waals surface area contributed by atoms with E-state index < -0.39 is 5.97 Å². The lowest BCUT2D eigenvalue weighted by atomic mass is 10.1. The normalized spacial score (nSPS) is 19.5. The number of hydrogen-bond acceptors (Lipinski definition) is 4. The van der Waals surface area contributed by atoms with Gasteiger partial charge in [0.25, 0.3) is 0 Å². The molecular weight excluding hydrogens is 158 g/mol. The van der Waals surface area contributed by atoms with Crippen LogP contribution in [-0.4, -0.2) is 16.8 Å². The van der Waals surface area contributed by atoms with E-state index >= 15 is 0 Å². The Labute approximate surface area is 67.8 Å². The van der Waals surface area contributed by atoms with Crippen LogP contribution in [0, 0.1) is 0 Å². The monoisotopic (exact) mass is 163 g/mol. The van der Waals surface area contributed by atoms with Gasteiger partial charge in [0.05, 0.1) is 12.4 Å². The highest BCUT2D eigenvalue weighted by Crippen LogP contribution is 2.25. The van der Waals surface area contributed by atoms with Crippen molar-refractivity contribution >= 4 is 11.7 Å². The van der Waals surface area contributed by atoms with Gasteiger partial charge in [-0.3, -0.25) is 4.99 Å². The Hall–Kier alpha value is -1.78. The SMILES string of the molecule is O=C(O)C1=NC=C2N=NC=C2C1. The molecule has 0 saturated carbocycles. The summed E-state index contributed by atoms with van der Waals surface area (Å²) in [4.78, 5) is 14.2. The number of aliphatic imine (C=N–C) groups is 1. The number of allylic oxidation sites excluding steroid dienone is 1. The highest BCUT2D eigenvalue weighted by Gasteiger charge is 2.20. The summed E-state index contributed by atoms with van der Waals surface area (Å²) in [6.45, 7) is 0. The van der Waals surface area contributed by atoms with Crippen molar-refractivity contribution in [2.45, 2.75) is 6.42 Å². The maximum absolute atomic E-state index is 10.5. The van der Waals surface area contributed by atoms with Gasteiger partial charge in [-0.15, -0.1) is 5.11 Å². The fourth-order valence-corrected chi connectivity index (χ4v) is 1.03. The van der Waals surface area contributed by atoms with E-state index in [0.29, 0.717) is 12.1 Å². The lowest BCUT2D eigenvalue weighted by molar-refractivity contribution is -0.129. The summed E-state index contributed by atoms with van der Waals surface area (Å²) in [6.07, 6.45) is 3.30. The summed E-state index contributed by atoms with van der Waals surface area (Å²) in [5, 5.41) is 16.0. The Bertz CT molecular complexity index is 363. The lowest BCUT2D eigenvalue weighted by Crippen LogP contribution is -2.15. The molecule has 0 aromatic carbocycles. The van der Waals surface area contributed by atoms with Crippen molar-refractivity contribution in [1.82, 2.24) is 0 Å². The van der Waals surface area contributed by atoms with Crippen LogP contribution in [0.25, 0.3) is 0 Å². The summed E-state index contributed by atoms with van der Waals surface area (Å²) in [5.41, 5.74) is 1.62. The molecule has 2 aliphatic heterocycles. The fraction of sp³-hybridized carbons (Fsp3) is 0.143. The minimum Gasteiger partial charge on any atom is -0.477 e. The van der Waals surface area contributed by atoms with Crippen molar-refractivity contribution < 1.29 is 9.90 Å². The van der Waals surface area contributed by atoms with Crippen molar-refractivity contribution in [2.75, 3.05) is 0 Å². The van der Waals surface area contributed by atoms with E-state index in [2.05, 4.69) is 15.2 Å². The zero-order chi connectivity index (χ0) is 8.55. The first kappa shape index (κ1) is 6.90. The molecule has 2 rings (SSSR count). The zero-order valence-electron chi connectivity index (χ0n) is 6.06. The Balaban J connectivity index is 2.33. The number of azo groups is 1.